The molecule has 160 valence electrons. The van der Waals surface area contributed by atoms with Crippen molar-refractivity contribution in [1.29, 1.82) is 0 Å². The molecule has 1 atom stereocenters. The summed E-state index contributed by atoms with van der Waals surface area (Å²) in [5.74, 6) is -1.56. The lowest BCUT2D eigenvalue weighted by molar-refractivity contribution is -0.134. The lowest BCUT2D eigenvalue weighted by atomic mass is 9.95. The Balaban J connectivity index is 1.80. The van der Waals surface area contributed by atoms with Gasteiger partial charge >= 0.3 is 0 Å². The van der Waals surface area contributed by atoms with Gasteiger partial charge in [-0.25, -0.2) is 4.39 Å². The van der Waals surface area contributed by atoms with Crippen molar-refractivity contribution in [3.05, 3.63) is 64.7 Å². The highest BCUT2D eigenvalue weighted by Gasteiger charge is 2.26. The Morgan fingerprint density at radius 1 is 1.20 bits per heavy atom. The molecule has 2 amide bonds. The van der Waals surface area contributed by atoms with E-state index in [0.717, 1.165) is 11.3 Å². The number of carbonyl (C=O) groups is 2. The third-order valence-electron chi connectivity index (χ3n) is 6.04. The van der Waals surface area contributed by atoms with E-state index in [9.17, 15) is 14.0 Å². The Kier molecular flexibility index (Phi) is 6.75. The Morgan fingerprint density at radius 3 is 2.53 bits per heavy atom. The van der Waals surface area contributed by atoms with Gasteiger partial charge in [-0.2, -0.15) is 0 Å². The molecule has 30 heavy (non-hydrogen) atoms. The number of halogens is 1. The lowest BCUT2D eigenvalue weighted by Gasteiger charge is -2.26. The second kappa shape index (κ2) is 9.28. The summed E-state index contributed by atoms with van der Waals surface area (Å²) in [6, 6.07) is 7.16. The number of nitrogens with zero attached hydrogens (tertiary/aromatic N) is 2. The van der Waals surface area contributed by atoms with Gasteiger partial charge in [-0.1, -0.05) is 31.4 Å². The fourth-order valence-electron chi connectivity index (χ4n) is 4.53. The molecule has 0 saturated heterocycles. The van der Waals surface area contributed by atoms with Crippen molar-refractivity contribution in [1.82, 2.24) is 9.47 Å². The van der Waals surface area contributed by atoms with Crippen molar-refractivity contribution >= 4 is 17.9 Å². The van der Waals surface area contributed by atoms with Crippen LogP contribution < -0.4 is 5.73 Å². The smallest absolute Gasteiger partial charge is 0.247 e. The SMILES string of the molecule is Cc1cc(/C=C/C(=O)N(C)C(C(N)=O)c2cccc(F)c2)c(C)n1C1CCCCC1. The number of hydrogen-bond acceptors (Lipinski definition) is 2. The van der Waals surface area contributed by atoms with Gasteiger partial charge in [0.15, 0.2) is 0 Å². The number of aromatic nitrogens is 1. The van der Waals surface area contributed by atoms with Crippen LogP contribution in [0.4, 0.5) is 4.39 Å². The third-order valence-corrected chi connectivity index (χ3v) is 6.04. The second-order valence-corrected chi connectivity index (χ2v) is 8.13. The van der Waals surface area contributed by atoms with Crippen LogP contribution in [-0.2, 0) is 9.59 Å². The van der Waals surface area contributed by atoms with Gasteiger partial charge in [0, 0.05) is 30.6 Å². The Bertz CT molecular complexity index is 957. The average Bonchev–Trinajstić information content (AvgIpc) is 2.99. The average molecular weight is 412 g/mol. The lowest BCUT2D eigenvalue weighted by Crippen LogP contribution is -2.38. The molecule has 1 aliphatic rings. The fraction of sp³-hybridized carbons (Fsp3) is 0.417. The van der Waals surface area contributed by atoms with E-state index in [1.807, 2.05) is 0 Å². The molecule has 3 rings (SSSR count). The maximum atomic E-state index is 13.6. The Morgan fingerprint density at radius 2 is 1.90 bits per heavy atom. The van der Waals surface area contributed by atoms with Gasteiger partial charge in [-0.15, -0.1) is 0 Å². The highest BCUT2D eigenvalue weighted by molar-refractivity contribution is 5.95. The Hall–Kier alpha value is -2.89. The van der Waals surface area contributed by atoms with Gasteiger partial charge in [0.25, 0.3) is 0 Å². The molecule has 2 aromatic rings. The number of primary amides is 1. The van der Waals surface area contributed by atoms with Crippen LogP contribution in [-0.4, -0.2) is 28.3 Å². The van der Waals surface area contributed by atoms with E-state index in [4.69, 9.17) is 5.73 Å². The van der Waals surface area contributed by atoms with Crippen LogP contribution in [0.25, 0.3) is 6.08 Å². The molecule has 1 unspecified atom stereocenters. The molecule has 1 heterocycles. The summed E-state index contributed by atoms with van der Waals surface area (Å²) in [5.41, 5.74) is 9.18. The summed E-state index contributed by atoms with van der Waals surface area (Å²) in [6.07, 6.45) is 9.42. The summed E-state index contributed by atoms with van der Waals surface area (Å²) in [6.45, 7) is 4.17. The number of aryl methyl sites for hydroxylation is 1. The molecule has 1 fully saturated rings. The van der Waals surface area contributed by atoms with E-state index in [2.05, 4.69) is 24.5 Å². The van der Waals surface area contributed by atoms with E-state index in [0.29, 0.717) is 11.6 Å². The second-order valence-electron chi connectivity index (χ2n) is 8.13. The molecule has 0 bridgehead atoms. The van der Waals surface area contributed by atoms with Crippen LogP contribution in [0.3, 0.4) is 0 Å². The monoisotopic (exact) mass is 411 g/mol. The number of hydrogen-bond donors (Lipinski definition) is 1. The molecule has 0 radical (unpaired) electrons. The third kappa shape index (κ3) is 4.64. The fourth-order valence-corrected chi connectivity index (χ4v) is 4.53. The van der Waals surface area contributed by atoms with Crippen LogP contribution in [0.5, 0.6) is 0 Å². The van der Waals surface area contributed by atoms with Crippen molar-refractivity contribution in [2.75, 3.05) is 7.05 Å². The largest absolute Gasteiger partial charge is 0.368 e. The Labute approximate surface area is 177 Å². The van der Waals surface area contributed by atoms with Crippen molar-refractivity contribution in [2.45, 2.75) is 58.0 Å². The van der Waals surface area contributed by atoms with Crippen LogP contribution in [0.2, 0.25) is 0 Å². The molecule has 1 aromatic heterocycles. The van der Waals surface area contributed by atoms with Crippen LogP contribution in [0.1, 0.15) is 66.7 Å². The van der Waals surface area contributed by atoms with Crippen LogP contribution in [0.15, 0.2) is 36.4 Å². The van der Waals surface area contributed by atoms with Gasteiger partial charge in [0.05, 0.1) is 0 Å². The first-order chi connectivity index (χ1) is 14.3. The zero-order valence-corrected chi connectivity index (χ0v) is 17.9. The summed E-state index contributed by atoms with van der Waals surface area (Å²) in [5, 5.41) is 0. The van der Waals surface area contributed by atoms with Gasteiger partial charge in [0.2, 0.25) is 11.8 Å². The highest BCUT2D eigenvalue weighted by Crippen LogP contribution is 2.32. The number of likely N-dealkylation sites (N-methyl/N-ethyl adjacent to an activating group) is 1. The molecule has 1 saturated carbocycles. The summed E-state index contributed by atoms with van der Waals surface area (Å²) >= 11 is 0. The zero-order chi connectivity index (χ0) is 21.8. The van der Waals surface area contributed by atoms with Crippen molar-refractivity contribution in [3.63, 3.8) is 0 Å². The van der Waals surface area contributed by atoms with E-state index in [1.165, 1.54) is 74.0 Å². The van der Waals surface area contributed by atoms with Gasteiger partial charge in [0.1, 0.15) is 11.9 Å². The minimum Gasteiger partial charge on any atom is -0.368 e. The number of nitrogens with two attached hydrogens (primary N) is 1. The predicted molar refractivity (Wildman–Crippen MR) is 116 cm³/mol. The summed E-state index contributed by atoms with van der Waals surface area (Å²) in [7, 11) is 1.50. The molecule has 6 heteroatoms. The van der Waals surface area contributed by atoms with Crippen LogP contribution in [0, 0.1) is 19.7 Å². The van der Waals surface area contributed by atoms with E-state index >= 15 is 0 Å². The zero-order valence-electron chi connectivity index (χ0n) is 17.9. The topological polar surface area (TPSA) is 68.3 Å². The quantitative estimate of drug-likeness (QED) is 0.714. The predicted octanol–water partition coefficient (Wildman–Crippen LogP) is 4.45. The van der Waals surface area contributed by atoms with Crippen LogP contribution >= 0.6 is 0 Å². The molecule has 1 aliphatic carbocycles. The molecule has 1 aromatic carbocycles. The molecular formula is C24H30FN3O2. The molecule has 0 spiro atoms. The first-order valence-electron chi connectivity index (χ1n) is 10.5. The van der Waals surface area contributed by atoms with E-state index in [1.54, 1.807) is 12.1 Å². The minimum absolute atomic E-state index is 0.349. The summed E-state index contributed by atoms with van der Waals surface area (Å²) < 4.78 is 16.0. The highest BCUT2D eigenvalue weighted by atomic mass is 19.1. The molecular weight excluding hydrogens is 381 g/mol. The number of amides is 2. The van der Waals surface area contributed by atoms with Gasteiger partial charge in [-0.3, -0.25) is 9.59 Å². The minimum atomic E-state index is -1.03. The first kappa shape index (κ1) is 21.8. The van der Waals surface area contributed by atoms with Crippen molar-refractivity contribution in [3.8, 4) is 0 Å². The van der Waals surface area contributed by atoms with E-state index in [-0.39, 0.29) is 5.91 Å². The van der Waals surface area contributed by atoms with Gasteiger partial charge in [-0.05, 0) is 62.1 Å². The number of benzene rings is 1. The van der Waals surface area contributed by atoms with E-state index < -0.39 is 17.8 Å². The number of rotatable bonds is 6. The first-order valence-corrected chi connectivity index (χ1v) is 10.5. The summed E-state index contributed by atoms with van der Waals surface area (Å²) in [4.78, 5) is 26.0. The number of carbonyl (C=O) groups excluding carboxylic acids is 2. The van der Waals surface area contributed by atoms with Gasteiger partial charge < -0.3 is 15.2 Å². The van der Waals surface area contributed by atoms with Crippen molar-refractivity contribution in [2.24, 2.45) is 5.73 Å². The standard InChI is InChI=1S/C24H30FN3O2/c1-16-14-18(17(2)28(16)21-10-5-4-6-11-21)12-13-22(29)27(3)23(24(26)30)19-8-7-9-20(25)15-19/h7-9,12-15,21,23H,4-6,10-11H2,1-3H3,(H2,26,30)/b13-12+. The molecule has 2 N–H and O–H groups in total. The molecule has 0 aliphatic heterocycles. The maximum Gasteiger partial charge on any atom is 0.247 e. The van der Waals surface area contributed by atoms with Crippen molar-refractivity contribution < 1.29 is 14.0 Å². The normalized spacial score (nSPS) is 16.0. The molecule has 5 nitrogen and oxygen atoms in total. The maximum absolute atomic E-state index is 13.6.